The number of pyridine rings is 1. The van der Waals surface area contributed by atoms with Crippen molar-refractivity contribution in [3.8, 4) is 0 Å². The molecule has 0 aliphatic carbocycles. The monoisotopic (exact) mass is 289 g/mol. The van der Waals surface area contributed by atoms with Crippen LogP contribution in [0.5, 0.6) is 0 Å². The lowest BCUT2D eigenvalue weighted by Crippen LogP contribution is -2.04. The highest BCUT2D eigenvalue weighted by molar-refractivity contribution is 6.14. The Bertz CT molecular complexity index is 999. The van der Waals surface area contributed by atoms with Crippen molar-refractivity contribution in [1.82, 2.24) is 4.40 Å². The average molecular weight is 289 g/mol. The molecular formula is C19H12FNO. The van der Waals surface area contributed by atoms with Gasteiger partial charge >= 0.3 is 0 Å². The van der Waals surface area contributed by atoms with Crippen LogP contribution in [0.4, 0.5) is 4.39 Å². The van der Waals surface area contributed by atoms with E-state index in [1.54, 1.807) is 0 Å². The van der Waals surface area contributed by atoms with Gasteiger partial charge in [-0.25, -0.2) is 4.39 Å². The van der Waals surface area contributed by atoms with E-state index in [-0.39, 0.29) is 11.6 Å². The van der Waals surface area contributed by atoms with E-state index < -0.39 is 0 Å². The zero-order valence-electron chi connectivity index (χ0n) is 11.7. The molecule has 0 fully saturated rings. The molecule has 0 atom stereocenters. The van der Waals surface area contributed by atoms with Gasteiger partial charge in [0.25, 0.3) is 0 Å². The minimum absolute atomic E-state index is 0.102. The van der Waals surface area contributed by atoms with Gasteiger partial charge < -0.3 is 4.40 Å². The molecule has 0 unspecified atom stereocenters. The molecule has 0 N–H and O–H groups in total. The Kier molecular flexibility index (Phi) is 2.79. The van der Waals surface area contributed by atoms with Gasteiger partial charge in [-0.1, -0.05) is 18.2 Å². The van der Waals surface area contributed by atoms with Crippen LogP contribution in [-0.2, 0) is 0 Å². The fourth-order valence-corrected chi connectivity index (χ4v) is 2.81. The molecule has 4 rings (SSSR count). The summed E-state index contributed by atoms with van der Waals surface area (Å²) in [5, 5.41) is 0.997. The number of hydrogen-bond acceptors (Lipinski definition) is 1. The molecular weight excluding hydrogens is 277 g/mol. The summed E-state index contributed by atoms with van der Waals surface area (Å²) in [6, 6.07) is 19.3. The summed E-state index contributed by atoms with van der Waals surface area (Å²) in [6.07, 6.45) is 1.94. The summed E-state index contributed by atoms with van der Waals surface area (Å²) >= 11 is 0. The SMILES string of the molecule is O=C(c1ccc(F)cc1)c1cc2ccccc2n2cccc12. The number of carbonyl (C=O) groups is 1. The fraction of sp³-hybridized carbons (Fsp3) is 0. The molecule has 0 saturated carbocycles. The molecule has 0 radical (unpaired) electrons. The molecule has 4 aromatic rings. The first-order chi connectivity index (χ1) is 10.7. The Morgan fingerprint density at radius 1 is 0.864 bits per heavy atom. The third-order valence-electron chi connectivity index (χ3n) is 3.87. The summed E-state index contributed by atoms with van der Waals surface area (Å²) < 4.78 is 15.1. The third-order valence-corrected chi connectivity index (χ3v) is 3.87. The highest BCUT2D eigenvalue weighted by atomic mass is 19.1. The van der Waals surface area contributed by atoms with E-state index in [1.807, 2.05) is 53.1 Å². The number of nitrogens with zero attached hydrogens (tertiary/aromatic N) is 1. The van der Waals surface area contributed by atoms with E-state index in [0.717, 1.165) is 16.4 Å². The normalized spacial score (nSPS) is 11.1. The molecule has 2 nitrogen and oxygen atoms in total. The van der Waals surface area contributed by atoms with Crippen molar-refractivity contribution in [2.75, 3.05) is 0 Å². The van der Waals surface area contributed by atoms with Crippen molar-refractivity contribution in [2.24, 2.45) is 0 Å². The minimum Gasteiger partial charge on any atom is -0.316 e. The van der Waals surface area contributed by atoms with E-state index in [4.69, 9.17) is 0 Å². The molecule has 22 heavy (non-hydrogen) atoms. The first-order valence-electron chi connectivity index (χ1n) is 7.03. The largest absolute Gasteiger partial charge is 0.316 e. The van der Waals surface area contributed by atoms with Gasteiger partial charge in [0.1, 0.15) is 5.82 Å². The predicted octanol–water partition coefficient (Wildman–Crippen LogP) is 4.46. The quantitative estimate of drug-likeness (QED) is 0.499. The van der Waals surface area contributed by atoms with Crippen molar-refractivity contribution in [3.63, 3.8) is 0 Å². The smallest absolute Gasteiger partial charge is 0.195 e. The average Bonchev–Trinajstić information content (AvgIpc) is 3.04. The van der Waals surface area contributed by atoms with Gasteiger partial charge in [-0.15, -0.1) is 0 Å². The van der Waals surface area contributed by atoms with Gasteiger partial charge in [0.2, 0.25) is 0 Å². The van der Waals surface area contributed by atoms with Gasteiger partial charge in [0.15, 0.2) is 5.78 Å². The predicted molar refractivity (Wildman–Crippen MR) is 84.7 cm³/mol. The van der Waals surface area contributed by atoms with E-state index in [2.05, 4.69) is 0 Å². The van der Waals surface area contributed by atoms with Crippen LogP contribution in [0.2, 0.25) is 0 Å². The van der Waals surface area contributed by atoms with Crippen molar-refractivity contribution in [1.29, 1.82) is 0 Å². The highest BCUT2D eigenvalue weighted by Crippen LogP contribution is 2.24. The summed E-state index contributed by atoms with van der Waals surface area (Å²) in [5.41, 5.74) is 3.02. The number of para-hydroxylation sites is 1. The van der Waals surface area contributed by atoms with Crippen LogP contribution in [0.25, 0.3) is 16.4 Å². The van der Waals surface area contributed by atoms with E-state index in [1.165, 1.54) is 24.3 Å². The lowest BCUT2D eigenvalue weighted by Gasteiger charge is -2.09. The van der Waals surface area contributed by atoms with Crippen molar-refractivity contribution in [2.45, 2.75) is 0 Å². The van der Waals surface area contributed by atoms with Crippen LogP contribution in [0.3, 0.4) is 0 Å². The molecule has 0 aliphatic rings. The number of benzene rings is 2. The van der Waals surface area contributed by atoms with Gasteiger partial charge in [-0.3, -0.25) is 4.79 Å². The van der Waals surface area contributed by atoms with Crippen LogP contribution >= 0.6 is 0 Å². The number of ketones is 1. The zero-order valence-corrected chi connectivity index (χ0v) is 11.7. The Balaban J connectivity index is 1.98. The molecule has 0 aliphatic heterocycles. The topological polar surface area (TPSA) is 21.5 Å². The maximum atomic E-state index is 13.0. The fourth-order valence-electron chi connectivity index (χ4n) is 2.81. The summed E-state index contributed by atoms with van der Waals surface area (Å²) in [4.78, 5) is 12.8. The van der Waals surface area contributed by atoms with E-state index >= 15 is 0 Å². The van der Waals surface area contributed by atoms with Crippen molar-refractivity contribution < 1.29 is 9.18 Å². The van der Waals surface area contributed by atoms with Crippen LogP contribution in [0, 0.1) is 5.82 Å². The number of fused-ring (bicyclic) bond motifs is 3. The first-order valence-corrected chi connectivity index (χ1v) is 7.03. The first kappa shape index (κ1) is 12.8. The lowest BCUT2D eigenvalue weighted by atomic mass is 10.0. The van der Waals surface area contributed by atoms with Crippen LogP contribution in [0.1, 0.15) is 15.9 Å². The standard InChI is InChI=1S/C19H12FNO/c20-15-9-7-13(8-10-15)19(22)16-12-14-4-1-2-5-17(14)21-11-3-6-18(16)21/h1-12H. The Labute approximate surface area is 126 Å². The van der Waals surface area contributed by atoms with E-state index in [9.17, 15) is 9.18 Å². The summed E-state index contributed by atoms with van der Waals surface area (Å²) in [7, 11) is 0. The molecule has 0 saturated heterocycles. The number of halogens is 1. The maximum absolute atomic E-state index is 13.0. The van der Waals surface area contributed by atoms with Gasteiger partial charge in [0.05, 0.1) is 11.0 Å². The van der Waals surface area contributed by atoms with Crippen LogP contribution in [-0.4, -0.2) is 10.2 Å². The number of rotatable bonds is 2. The number of hydrogen-bond donors (Lipinski definition) is 0. The van der Waals surface area contributed by atoms with Gasteiger partial charge in [-0.05, 0) is 53.9 Å². The van der Waals surface area contributed by atoms with Crippen LogP contribution in [0.15, 0.2) is 72.9 Å². The molecule has 2 aromatic carbocycles. The second-order valence-corrected chi connectivity index (χ2v) is 5.22. The summed E-state index contributed by atoms with van der Waals surface area (Å²) in [6.45, 7) is 0. The molecule has 0 bridgehead atoms. The zero-order chi connectivity index (χ0) is 15.1. The van der Waals surface area contributed by atoms with E-state index in [0.29, 0.717) is 11.1 Å². The Hall–Kier alpha value is -2.94. The van der Waals surface area contributed by atoms with Crippen molar-refractivity contribution in [3.05, 3.63) is 89.9 Å². The number of carbonyl (C=O) groups excluding carboxylic acids is 1. The molecule has 2 heterocycles. The maximum Gasteiger partial charge on any atom is 0.195 e. The lowest BCUT2D eigenvalue weighted by molar-refractivity contribution is 0.104. The Morgan fingerprint density at radius 2 is 1.59 bits per heavy atom. The second kappa shape index (κ2) is 4.81. The molecule has 106 valence electrons. The minimum atomic E-state index is -0.345. The molecule has 3 heteroatoms. The van der Waals surface area contributed by atoms with Crippen LogP contribution < -0.4 is 0 Å². The molecule has 0 spiro atoms. The third kappa shape index (κ3) is 1.91. The summed E-state index contributed by atoms with van der Waals surface area (Å²) in [5.74, 6) is -0.447. The number of aromatic nitrogens is 1. The van der Waals surface area contributed by atoms with Crippen molar-refractivity contribution >= 4 is 22.2 Å². The van der Waals surface area contributed by atoms with Gasteiger partial charge in [-0.2, -0.15) is 0 Å². The second-order valence-electron chi connectivity index (χ2n) is 5.22. The Morgan fingerprint density at radius 3 is 2.41 bits per heavy atom. The highest BCUT2D eigenvalue weighted by Gasteiger charge is 2.15. The molecule has 2 aromatic heterocycles. The molecule has 0 amide bonds. The van der Waals surface area contributed by atoms with Gasteiger partial charge in [0, 0.05) is 17.3 Å².